The lowest BCUT2D eigenvalue weighted by atomic mass is 10.2. The molecule has 0 bridgehead atoms. The Morgan fingerprint density at radius 1 is 1.29 bits per heavy atom. The third kappa shape index (κ3) is 4.03. The summed E-state index contributed by atoms with van der Waals surface area (Å²) < 4.78 is 5.51. The van der Waals surface area contributed by atoms with Crippen LogP contribution in [0.4, 0.5) is 0 Å². The number of aliphatic hydroxyl groups is 1. The molecule has 0 radical (unpaired) electrons. The molecular formula is C11H16O2S. The molecule has 0 amide bonds. The number of rotatable bonds is 6. The summed E-state index contributed by atoms with van der Waals surface area (Å²) in [5, 5.41) is 8.83. The van der Waals surface area contributed by atoms with Gasteiger partial charge in [0.2, 0.25) is 0 Å². The van der Waals surface area contributed by atoms with Gasteiger partial charge in [0.1, 0.15) is 5.75 Å². The van der Waals surface area contributed by atoms with E-state index in [9.17, 15) is 0 Å². The summed E-state index contributed by atoms with van der Waals surface area (Å²) in [7, 11) is 0. The molecule has 0 aliphatic carbocycles. The van der Waals surface area contributed by atoms with Crippen LogP contribution in [-0.4, -0.2) is 23.7 Å². The van der Waals surface area contributed by atoms with E-state index in [2.05, 4.69) is 6.26 Å². The molecule has 0 aromatic heterocycles. The first-order chi connectivity index (χ1) is 6.86. The molecule has 0 saturated heterocycles. The number of aliphatic hydroxyl groups excluding tert-OH is 1. The molecule has 3 heteroatoms. The highest BCUT2D eigenvalue weighted by Gasteiger charge is 1.94. The van der Waals surface area contributed by atoms with Crippen LogP contribution < -0.4 is 4.74 Å². The van der Waals surface area contributed by atoms with E-state index in [-0.39, 0.29) is 6.61 Å². The molecule has 1 rings (SSSR count). The average Bonchev–Trinajstić information content (AvgIpc) is 2.25. The lowest BCUT2D eigenvalue weighted by Gasteiger charge is -2.05. The Labute approximate surface area is 89.3 Å². The van der Waals surface area contributed by atoms with Gasteiger partial charge in [0, 0.05) is 0 Å². The minimum Gasteiger partial charge on any atom is -0.494 e. The van der Waals surface area contributed by atoms with E-state index < -0.39 is 0 Å². The van der Waals surface area contributed by atoms with E-state index in [0.717, 1.165) is 30.1 Å². The fourth-order valence-corrected chi connectivity index (χ4v) is 1.49. The molecule has 1 aromatic carbocycles. The molecule has 2 nitrogen and oxygen atoms in total. The van der Waals surface area contributed by atoms with Crippen molar-refractivity contribution in [2.75, 3.05) is 18.6 Å². The molecule has 0 saturated carbocycles. The maximum absolute atomic E-state index is 8.83. The van der Waals surface area contributed by atoms with E-state index in [1.807, 2.05) is 36.0 Å². The average molecular weight is 212 g/mol. The zero-order valence-corrected chi connectivity index (χ0v) is 9.22. The molecule has 1 aromatic rings. The van der Waals surface area contributed by atoms with Gasteiger partial charge >= 0.3 is 0 Å². The smallest absolute Gasteiger partial charge is 0.119 e. The van der Waals surface area contributed by atoms with Crippen LogP contribution in [0.3, 0.4) is 0 Å². The highest BCUT2D eigenvalue weighted by atomic mass is 32.2. The van der Waals surface area contributed by atoms with Gasteiger partial charge in [0.05, 0.1) is 13.2 Å². The van der Waals surface area contributed by atoms with Crippen LogP contribution in [0.15, 0.2) is 24.3 Å². The summed E-state index contributed by atoms with van der Waals surface area (Å²) in [6.45, 7) is 0.853. The summed E-state index contributed by atoms with van der Waals surface area (Å²) in [6, 6.07) is 7.54. The molecular weight excluding hydrogens is 196 g/mol. The van der Waals surface area contributed by atoms with Gasteiger partial charge in [0.15, 0.2) is 0 Å². The second-order valence-electron chi connectivity index (χ2n) is 3.00. The second-order valence-corrected chi connectivity index (χ2v) is 3.98. The Morgan fingerprint density at radius 3 is 2.57 bits per heavy atom. The maximum atomic E-state index is 8.83. The molecule has 0 aliphatic rings. The van der Waals surface area contributed by atoms with E-state index in [1.54, 1.807) is 0 Å². The standard InChI is InChI=1S/C11H16O2S/c1-14-8-2-7-13-11-5-3-10(9-12)4-6-11/h3-6,12H,2,7-9H2,1H3. The maximum Gasteiger partial charge on any atom is 0.119 e. The van der Waals surface area contributed by atoms with Gasteiger partial charge in [-0.2, -0.15) is 11.8 Å². The van der Waals surface area contributed by atoms with E-state index in [1.165, 1.54) is 0 Å². The van der Waals surface area contributed by atoms with Crippen LogP contribution >= 0.6 is 11.8 Å². The minimum atomic E-state index is 0.0900. The molecule has 0 unspecified atom stereocenters. The molecule has 0 heterocycles. The van der Waals surface area contributed by atoms with Crippen molar-refractivity contribution in [3.05, 3.63) is 29.8 Å². The third-order valence-electron chi connectivity index (χ3n) is 1.87. The van der Waals surface area contributed by atoms with Crippen molar-refractivity contribution in [3.8, 4) is 5.75 Å². The predicted molar refractivity (Wildman–Crippen MR) is 60.9 cm³/mol. The van der Waals surface area contributed by atoms with Gasteiger partial charge in [-0.25, -0.2) is 0 Å². The number of hydrogen-bond acceptors (Lipinski definition) is 3. The zero-order chi connectivity index (χ0) is 10.2. The van der Waals surface area contributed by atoms with Gasteiger partial charge < -0.3 is 9.84 Å². The Bertz CT molecular complexity index is 246. The quantitative estimate of drug-likeness (QED) is 0.734. The van der Waals surface area contributed by atoms with Gasteiger partial charge in [-0.05, 0) is 36.1 Å². The minimum absolute atomic E-state index is 0.0900. The monoisotopic (exact) mass is 212 g/mol. The number of ether oxygens (including phenoxy) is 1. The lowest BCUT2D eigenvalue weighted by molar-refractivity contribution is 0.281. The summed E-state index contributed by atoms with van der Waals surface area (Å²) in [4.78, 5) is 0. The van der Waals surface area contributed by atoms with Crippen LogP contribution in [0.2, 0.25) is 0 Å². The van der Waals surface area contributed by atoms with Gasteiger partial charge in [-0.1, -0.05) is 12.1 Å². The highest BCUT2D eigenvalue weighted by molar-refractivity contribution is 7.98. The zero-order valence-electron chi connectivity index (χ0n) is 8.40. The Balaban J connectivity index is 2.29. The van der Waals surface area contributed by atoms with Crippen LogP contribution in [0.1, 0.15) is 12.0 Å². The molecule has 78 valence electrons. The molecule has 0 aliphatic heterocycles. The first kappa shape index (κ1) is 11.4. The molecule has 1 N–H and O–H groups in total. The Morgan fingerprint density at radius 2 is 2.00 bits per heavy atom. The fourth-order valence-electron chi connectivity index (χ4n) is 1.08. The number of hydrogen-bond donors (Lipinski definition) is 1. The predicted octanol–water partition coefficient (Wildman–Crippen LogP) is 2.31. The number of benzene rings is 1. The molecule has 0 spiro atoms. The van der Waals surface area contributed by atoms with E-state index in [4.69, 9.17) is 9.84 Å². The SMILES string of the molecule is CSCCCOc1ccc(CO)cc1. The van der Waals surface area contributed by atoms with Gasteiger partial charge in [-0.3, -0.25) is 0 Å². The summed E-state index contributed by atoms with van der Waals surface area (Å²) in [5.74, 6) is 2.01. The van der Waals surface area contributed by atoms with Crippen molar-refractivity contribution in [1.29, 1.82) is 0 Å². The third-order valence-corrected chi connectivity index (χ3v) is 2.56. The fraction of sp³-hybridized carbons (Fsp3) is 0.455. The highest BCUT2D eigenvalue weighted by Crippen LogP contribution is 2.12. The van der Waals surface area contributed by atoms with Crippen molar-refractivity contribution < 1.29 is 9.84 Å². The van der Waals surface area contributed by atoms with E-state index in [0.29, 0.717) is 0 Å². The Hall–Kier alpha value is -0.670. The molecule has 0 fully saturated rings. The summed E-state index contributed by atoms with van der Waals surface area (Å²) in [5.41, 5.74) is 0.918. The summed E-state index contributed by atoms with van der Waals surface area (Å²) >= 11 is 1.83. The van der Waals surface area contributed by atoms with Crippen molar-refractivity contribution in [1.82, 2.24) is 0 Å². The first-order valence-electron chi connectivity index (χ1n) is 4.68. The van der Waals surface area contributed by atoms with Crippen molar-refractivity contribution in [3.63, 3.8) is 0 Å². The van der Waals surface area contributed by atoms with Crippen LogP contribution in [-0.2, 0) is 6.61 Å². The lowest BCUT2D eigenvalue weighted by Crippen LogP contribution is -1.98. The first-order valence-corrected chi connectivity index (χ1v) is 6.07. The van der Waals surface area contributed by atoms with Crippen LogP contribution in [0, 0.1) is 0 Å². The van der Waals surface area contributed by atoms with E-state index >= 15 is 0 Å². The van der Waals surface area contributed by atoms with Crippen LogP contribution in [0.5, 0.6) is 5.75 Å². The Kier molecular flexibility index (Phi) is 5.49. The molecule has 14 heavy (non-hydrogen) atoms. The van der Waals surface area contributed by atoms with Crippen molar-refractivity contribution in [2.45, 2.75) is 13.0 Å². The number of thioether (sulfide) groups is 1. The molecule has 0 atom stereocenters. The second kappa shape index (κ2) is 6.74. The normalized spacial score (nSPS) is 10.1. The van der Waals surface area contributed by atoms with Crippen LogP contribution in [0.25, 0.3) is 0 Å². The van der Waals surface area contributed by atoms with Crippen molar-refractivity contribution in [2.24, 2.45) is 0 Å². The van der Waals surface area contributed by atoms with Gasteiger partial charge in [-0.15, -0.1) is 0 Å². The van der Waals surface area contributed by atoms with Crippen molar-refractivity contribution >= 4 is 11.8 Å². The largest absolute Gasteiger partial charge is 0.494 e. The topological polar surface area (TPSA) is 29.5 Å². The summed E-state index contributed by atoms with van der Waals surface area (Å²) in [6.07, 6.45) is 3.17. The van der Waals surface area contributed by atoms with Gasteiger partial charge in [0.25, 0.3) is 0 Å².